The van der Waals surface area contributed by atoms with Crippen LogP contribution in [0.3, 0.4) is 0 Å². The third-order valence-electron chi connectivity index (χ3n) is 1.56. The van der Waals surface area contributed by atoms with E-state index in [1.54, 1.807) is 12.3 Å². The van der Waals surface area contributed by atoms with Gasteiger partial charge in [0.2, 0.25) is 0 Å². The number of aromatic nitrogens is 4. The van der Waals surface area contributed by atoms with Crippen LogP contribution in [0.5, 0.6) is 0 Å². The van der Waals surface area contributed by atoms with Crippen molar-refractivity contribution in [3.05, 3.63) is 34.5 Å². The predicted octanol–water partition coefficient (Wildman–Crippen LogP) is 0.935. The summed E-state index contributed by atoms with van der Waals surface area (Å²) in [5.74, 6) is 0. The molecular formula is C6H5N7. The zero-order valence-corrected chi connectivity index (χ0v) is 6.57. The molecule has 0 saturated carbocycles. The molecule has 0 spiro atoms. The second-order valence-corrected chi connectivity index (χ2v) is 2.32. The number of nitrogens with zero attached hydrogens (tertiary/aromatic N) is 7. The molecule has 0 aliphatic carbocycles. The molecule has 13 heavy (non-hydrogen) atoms. The van der Waals surface area contributed by atoms with E-state index in [1.165, 1.54) is 4.63 Å². The normalized spacial score (nSPS) is 9.85. The van der Waals surface area contributed by atoms with Crippen LogP contribution in [0, 0.1) is 0 Å². The Morgan fingerprint density at radius 2 is 2.54 bits per heavy atom. The predicted molar refractivity (Wildman–Crippen MR) is 43.6 cm³/mol. The van der Waals surface area contributed by atoms with Gasteiger partial charge in [-0.05, 0) is 22.9 Å². The summed E-state index contributed by atoms with van der Waals surface area (Å²) in [6.07, 6.45) is 1.61. The molecule has 2 heterocycles. The van der Waals surface area contributed by atoms with Crippen LogP contribution >= 0.6 is 0 Å². The van der Waals surface area contributed by atoms with Crippen molar-refractivity contribution in [1.82, 2.24) is 20.0 Å². The second-order valence-electron chi connectivity index (χ2n) is 2.32. The van der Waals surface area contributed by atoms with Gasteiger partial charge in [-0.3, -0.25) is 0 Å². The lowest BCUT2D eigenvalue weighted by molar-refractivity contribution is 0.738. The second kappa shape index (κ2) is 3.08. The smallest absolute Gasteiger partial charge is 0.111 e. The summed E-state index contributed by atoms with van der Waals surface area (Å²) in [5, 5.41) is 14.9. The first-order valence-electron chi connectivity index (χ1n) is 3.58. The molecule has 0 fully saturated rings. The molecule has 0 aliphatic rings. The van der Waals surface area contributed by atoms with Crippen LogP contribution in [0.2, 0.25) is 0 Å². The van der Waals surface area contributed by atoms with E-state index in [2.05, 4.69) is 25.4 Å². The van der Waals surface area contributed by atoms with Crippen LogP contribution in [0.15, 0.2) is 23.4 Å². The van der Waals surface area contributed by atoms with Crippen LogP contribution in [-0.2, 0) is 6.54 Å². The number of hydrogen-bond acceptors (Lipinski definition) is 4. The first-order chi connectivity index (χ1) is 6.42. The zero-order chi connectivity index (χ0) is 9.10. The minimum Gasteiger partial charge on any atom is -0.157 e. The van der Waals surface area contributed by atoms with Crippen molar-refractivity contribution in [2.24, 2.45) is 5.11 Å². The molecule has 2 rings (SSSR count). The summed E-state index contributed by atoms with van der Waals surface area (Å²) in [4.78, 5) is 2.64. The van der Waals surface area contributed by atoms with E-state index in [0.29, 0.717) is 5.69 Å². The zero-order valence-electron chi connectivity index (χ0n) is 6.57. The third-order valence-corrected chi connectivity index (χ3v) is 1.56. The Kier molecular flexibility index (Phi) is 1.78. The van der Waals surface area contributed by atoms with E-state index < -0.39 is 0 Å². The topological polar surface area (TPSA) is 91.8 Å². The molecule has 0 aromatic carbocycles. The summed E-state index contributed by atoms with van der Waals surface area (Å²) in [7, 11) is 0. The molecular weight excluding hydrogens is 170 g/mol. The quantitative estimate of drug-likeness (QED) is 0.386. The number of hydrogen-bond donors (Lipinski definition) is 0. The summed E-state index contributed by atoms with van der Waals surface area (Å²) >= 11 is 0. The lowest BCUT2D eigenvalue weighted by atomic mass is 10.3. The molecule has 0 aliphatic heterocycles. The first kappa shape index (κ1) is 7.51. The summed E-state index contributed by atoms with van der Waals surface area (Å²) < 4.78 is 1.39. The maximum absolute atomic E-state index is 8.12. The summed E-state index contributed by atoms with van der Waals surface area (Å²) in [6.45, 7) is 0.200. The monoisotopic (exact) mass is 175 g/mol. The van der Waals surface area contributed by atoms with Crippen molar-refractivity contribution in [1.29, 1.82) is 0 Å². The third kappa shape index (κ3) is 1.27. The van der Waals surface area contributed by atoms with E-state index in [9.17, 15) is 0 Å². The minimum absolute atomic E-state index is 0.200. The molecule has 0 amide bonds. The number of azide groups is 1. The standard InChI is InChI=1S/C6H5N7/c7-11-8-4-5-6-2-1-3-9-13(6)12-10-5/h1-3H,4H2. The average molecular weight is 175 g/mol. The van der Waals surface area contributed by atoms with Gasteiger partial charge in [-0.25, -0.2) is 0 Å². The van der Waals surface area contributed by atoms with Crippen molar-refractivity contribution in [3.63, 3.8) is 0 Å². The van der Waals surface area contributed by atoms with Gasteiger partial charge < -0.3 is 0 Å². The fourth-order valence-electron chi connectivity index (χ4n) is 1.01. The van der Waals surface area contributed by atoms with E-state index in [4.69, 9.17) is 5.53 Å². The average Bonchev–Trinajstić information content (AvgIpc) is 2.58. The van der Waals surface area contributed by atoms with Gasteiger partial charge in [-0.1, -0.05) is 5.11 Å². The molecule has 7 heteroatoms. The molecule has 7 nitrogen and oxygen atoms in total. The van der Waals surface area contributed by atoms with Gasteiger partial charge in [0.1, 0.15) is 5.52 Å². The van der Waals surface area contributed by atoms with Crippen molar-refractivity contribution in [2.75, 3.05) is 0 Å². The van der Waals surface area contributed by atoms with Gasteiger partial charge in [-0.15, -0.1) is 9.73 Å². The molecule has 0 saturated heterocycles. The van der Waals surface area contributed by atoms with Crippen molar-refractivity contribution in [3.8, 4) is 0 Å². The van der Waals surface area contributed by atoms with Crippen LogP contribution < -0.4 is 0 Å². The molecule has 0 unspecified atom stereocenters. The Balaban J connectivity index is 2.51. The molecule has 0 atom stereocenters. The van der Waals surface area contributed by atoms with E-state index in [0.717, 1.165) is 5.52 Å². The summed E-state index contributed by atoms with van der Waals surface area (Å²) in [6, 6.07) is 3.59. The van der Waals surface area contributed by atoms with Gasteiger partial charge in [-0.2, -0.15) is 5.10 Å². The van der Waals surface area contributed by atoms with Crippen LogP contribution in [0.4, 0.5) is 0 Å². The maximum atomic E-state index is 8.12. The van der Waals surface area contributed by atoms with Crippen LogP contribution in [0.1, 0.15) is 5.69 Å². The van der Waals surface area contributed by atoms with Crippen molar-refractivity contribution in [2.45, 2.75) is 6.54 Å². The van der Waals surface area contributed by atoms with Gasteiger partial charge in [0.05, 0.1) is 12.2 Å². The highest BCUT2D eigenvalue weighted by atomic mass is 15.5. The van der Waals surface area contributed by atoms with E-state index >= 15 is 0 Å². The van der Waals surface area contributed by atoms with E-state index in [1.807, 2.05) is 6.07 Å². The Bertz CT molecular complexity index is 467. The fraction of sp³-hybridized carbons (Fsp3) is 0.167. The fourth-order valence-corrected chi connectivity index (χ4v) is 1.01. The first-order valence-corrected chi connectivity index (χ1v) is 3.58. The highest BCUT2D eigenvalue weighted by Crippen LogP contribution is 2.05. The Hall–Kier alpha value is -2.14. The van der Waals surface area contributed by atoms with Gasteiger partial charge in [0.15, 0.2) is 0 Å². The highest BCUT2D eigenvalue weighted by molar-refractivity contribution is 5.48. The minimum atomic E-state index is 0.200. The van der Waals surface area contributed by atoms with Crippen molar-refractivity contribution >= 4 is 5.52 Å². The molecule has 0 radical (unpaired) electrons. The molecule has 0 bridgehead atoms. The Morgan fingerprint density at radius 3 is 3.38 bits per heavy atom. The molecule has 0 N–H and O–H groups in total. The lowest BCUT2D eigenvalue weighted by Gasteiger charge is -1.88. The largest absolute Gasteiger partial charge is 0.157 e. The SMILES string of the molecule is [N-]=[N+]=NCc1nnn2ncccc12. The number of rotatable bonds is 2. The summed E-state index contributed by atoms with van der Waals surface area (Å²) in [5.41, 5.74) is 9.51. The lowest BCUT2D eigenvalue weighted by Crippen LogP contribution is -1.90. The van der Waals surface area contributed by atoms with Crippen molar-refractivity contribution < 1.29 is 0 Å². The van der Waals surface area contributed by atoms with Crippen LogP contribution in [0.25, 0.3) is 16.0 Å². The Labute approximate surface area is 72.6 Å². The number of fused-ring (bicyclic) bond motifs is 1. The molecule has 2 aromatic rings. The van der Waals surface area contributed by atoms with Gasteiger partial charge in [0.25, 0.3) is 0 Å². The van der Waals surface area contributed by atoms with Gasteiger partial charge >= 0.3 is 0 Å². The highest BCUT2D eigenvalue weighted by Gasteiger charge is 2.03. The van der Waals surface area contributed by atoms with Gasteiger partial charge in [0, 0.05) is 11.1 Å². The Morgan fingerprint density at radius 1 is 1.62 bits per heavy atom. The molecule has 64 valence electrons. The molecule has 2 aromatic heterocycles. The van der Waals surface area contributed by atoms with Crippen LogP contribution in [-0.4, -0.2) is 20.0 Å². The maximum Gasteiger partial charge on any atom is 0.111 e. The van der Waals surface area contributed by atoms with E-state index in [-0.39, 0.29) is 6.54 Å².